The van der Waals surface area contributed by atoms with Crippen molar-refractivity contribution < 1.29 is 4.79 Å². The summed E-state index contributed by atoms with van der Waals surface area (Å²) in [6.07, 6.45) is 4.54. The molecule has 0 aromatic heterocycles. The molecular formula is C12H16N2O. The molecule has 0 atom stereocenters. The van der Waals surface area contributed by atoms with Crippen LogP contribution in [0.25, 0.3) is 0 Å². The summed E-state index contributed by atoms with van der Waals surface area (Å²) in [6.45, 7) is 1.53. The van der Waals surface area contributed by atoms with Gasteiger partial charge in [-0.15, -0.1) is 0 Å². The quantitative estimate of drug-likeness (QED) is 0.688. The number of nitrogens with one attached hydrogen (secondary N) is 1. The van der Waals surface area contributed by atoms with E-state index in [4.69, 9.17) is 5.73 Å². The van der Waals surface area contributed by atoms with Crippen LogP contribution < -0.4 is 11.1 Å². The van der Waals surface area contributed by atoms with Crippen molar-refractivity contribution in [1.29, 1.82) is 0 Å². The van der Waals surface area contributed by atoms with Gasteiger partial charge in [-0.3, -0.25) is 4.79 Å². The molecule has 15 heavy (non-hydrogen) atoms. The third-order valence-electron chi connectivity index (χ3n) is 2.80. The Morgan fingerprint density at radius 1 is 1.33 bits per heavy atom. The van der Waals surface area contributed by atoms with Crippen molar-refractivity contribution in [2.75, 3.05) is 11.1 Å². The second-order valence-electron chi connectivity index (χ2n) is 4.09. The molecule has 1 amide bonds. The first kappa shape index (κ1) is 10.0. The fraction of sp³-hybridized carbons (Fsp3) is 0.417. The van der Waals surface area contributed by atoms with E-state index in [1.807, 2.05) is 12.1 Å². The molecule has 0 saturated heterocycles. The van der Waals surface area contributed by atoms with E-state index < -0.39 is 0 Å². The van der Waals surface area contributed by atoms with Gasteiger partial charge in [-0.05, 0) is 48.9 Å². The summed E-state index contributed by atoms with van der Waals surface area (Å²) >= 11 is 0. The minimum atomic E-state index is -0.0339. The predicted octanol–water partition coefficient (Wildman–Crippen LogP) is 2.11. The first-order chi connectivity index (χ1) is 7.16. The zero-order valence-corrected chi connectivity index (χ0v) is 8.97. The Hall–Kier alpha value is -1.51. The van der Waals surface area contributed by atoms with Gasteiger partial charge in [-0.1, -0.05) is 0 Å². The van der Waals surface area contributed by atoms with Gasteiger partial charge < -0.3 is 11.1 Å². The van der Waals surface area contributed by atoms with Crippen LogP contribution in [0.3, 0.4) is 0 Å². The Bertz CT molecular complexity index is 399. The molecule has 1 aromatic rings. The van der Waals surface area contributed by atoms with Crippen molar-refractivity contribution >= 4 is 17.3 Å². The zero-order valence-electron chi connectivity index (χ0n) is 8.97. The van der Waals surface area contributed by atoms with Crippen molar-refractivity contribution in [3.05, 3.63) is 23.3 Å². The molecule has 0 unspecified atom stereocenters. The van der Waals surface area contributed by atoms with Crippen LogP contribution in [0.2, 0.25) is 0 Å². The van der Waals surface area contributed by atoms with E-state index >= 15 is 0 Å². The standard InChI is InChI=1S/C12H16N2O/c1-8(15)14-12-7-10(13)6-9-4-2-3-5-11(9)12/h6-7H,2-5,13H2,1H3,(H,14,15). The van der Waals surface area contributed by atoms with Crippen molar-refractivity contribution in [2.45, 2.75) is 32.6 Å². The van der Waals surface area contributed by atoms with Gasteiger partial charge in [0.15, 0.2) is 0 Å². The molecule has 0 fully saturated rings. The molecular weight excluding hydrogens is 188 g/mol. The Labute approximate surface area is 89.7 Å². The van der Waals surface area contributed by atoms with E-state index in [0.29, 0.717) is 0 Å². The molecule has 3 nitrogen and oxygen atoms in total. The number of hydrogen-bond acceptors (Lipinski definition) is 2. The Balaban J connectivity index is 2.43. The molecule has 0 saturated carbocycles. The summed E-state index contributed by atoms with van der Waals surface area (Å²) in [4.78, 5) is 11.1. The number of carbonyl (C=O) groups excluding carboxylic acids is 1. The highest BCUT2D eigenvalue weighted by molar-refractivity contribution is 5.90. The molecule has 0 spiro atoms. The maximum Gasteiger partial charge on any atom is 0.221 e. The average Bonchev–Trinajstić information content (AvgIpc) is 2.16. The third-order valence-corrected chi connectivity index (χ3v) is 2.80. The van der Waals surface area contributed by atoms with Crippen LogP contribution in [0.1, 0.15) is 30.9 Å². The fourth-order valence-corrected chi connectivity index (χ4v) is 2.19. The normalized spacial score (nSPS) is 14.5. The number of carbonyl (C=O) groups is 1. The van der Waals surface area contributed by atoms with Gasteiger partial charge in [0.05, 0.1) is 0 Å². The first-order valence-corrected chi connectivity index (χ1v) is 5.35. The number of anilines is 2. The SMILES string of the molecule is CC(=O)Nc1cc(N)cc2c1CCCC2. The number of hydrogen-bond donors (Lipinski definition) is 2. The number of rotatable bonds is 1. The monoisotopic (exact) mass is 204 g/mol. The van der Waals surface area contributed by atoms with E-state index in [1.165, 1.54) is 30.9 Å². The van der Waals surface area contributed by atoms with Crippen molar-refractivity contribution in [3.8, 4) is 0 Å². The van der Waals surface area contributed by atoms with E-state index in [2.05, 4.69) is 5.32 Å². The number of aryl methyl sites for hydroxylation is 1. The fourth-order valence-electron chi connectivity index (χ4n) is 2.19. The Morgan fingerprint density at radius 2 is 2.07 bits per heavy atom. The molecule has 0 radical (unpaired) electrons. The van der Waals surface area contributed by atoms with Crippen LogP contribution in [0.5, 0.6) is 0 Å². The molecule has 3 N–H and O–H groups in total. The first-order valence-electron chi connectivity index (χ1n) is 5.35. The summed E-state index contributed by atoms with van der Waals surface area (Å²) in [7, 11) is 0. The van der Waals surface area contributed by atoms with Gasteiger partial charge in [-0.2, -0.15) is 0 Å². The molecule has 0 aliphatic heterocycles. The molecule has 3 heteroatoms. The number of nitrogen functional groups attached to an aromatic ring is 1. The molecule has 1 aliphatic rings. The van der Waals surface area contributed by atoms with E-state index in [-0.39, 0.29) is 5.91 Å². The molecule has 0 bridgehead atoms. The molecule has 80 valence electrons. The van der Waals surface area contributed by atoms with Gasteiger partial charge >= 0.3 is 0 Å². The van der Waals surface area contributed by atoms with Crippen molar-refractivity contribution in [2.24, 2.45) is 0 Å². The number of nitrogens with two attached hydrogens (primary N) is 1. The van der Waals surface area contributed by atoms with Gasteiger partial charge in [0.25, 0.3) is 0 Å². The molecule has 1 aromatic carbocycles. The van der Waals surface area contributed by atoms with Gasteiger partial charge in [0, 0.05) is 18.3 Å². The molecule has 2 rings (SSSR count). The average molecular weight is 204 g/mol. The van der Waals surface area contributed by atoms with Crippen molar-refractivity contribution in [3.63, 3.8) is 0 Å². The van der Waals surface area contributed by atoms with Crippen LogP contribution in [-0.4, -0.2) is 5.91 Å². The summed E-state index contributed by atoms with van der Waals surface area (Å²) in [5.74, 6) is -0.0339. The minimum Gasteiger partial charge on any atom is -0.399 e. The maximum absolute atomic E-state index is 11.1. The zero-order chi connectivity index (χ0) is 10.8. The highest BCUT2D eigenvalue weighted by atomic mass is 16.1. The smallest absolute Gasteiger partial charge is 0.221 e. The minimum absolute atomic E-state index is 0.0339. The lowest BCUT2D eigenvalue weighted by Gasteiger charge is -2.20. The second-order valence-corrected chi connectivity index (χ2v) is 4.09. The third kappa shape index (κ3) is 2.12. The van der Waals surface area contributed by atoms with Crippen LogP contribution in [0.15, 0.2) is 12.1 Å². The summed E-state index contributed by atoms with van der Waals surface area (Å²) in [6, 6.07) is 3.88. The van der Waals surface area contributed by atoms with Crippen LogP contribution in [-0.2, 0) is 17.6 Å². The maximum atomic E-state index is 11.1. The second kappa shape index (κ2) is 3.93. The lowest BCUT2D eigenvalue weighted by Crippen LogP contribution is -2.12. The molecule has 1 aliphatic carbocycles. The highest BCUT2D eigenvalue weighted by Crippen LogP contribution is 2.30. The van der Waals surface area contributed by atoms with Gasteiger partial charge in [-0.25, -0.2) is 0 Å². The largest absolute Gasteiger partial charge is 0.399 e. The van der Waals surface area contributed by atoms with Crippen LogP contribution >= 0.6 is 0 Å². The number of benzene rings is 1. The highest BCUT2D eigenvalue weighted by Gasteiger charge is 2.14. The topological polar surface area (TPSA) is 55.1 Å². The van der Waals surface area contributed by atoms with Gasteiger partial charge in [0.2, 0.25) is 5.91 Å². The van der Waals surface area contributed by atoms with Crippen LogP contribution in [0.4, 0.5) is 11.4 Å². The Kier molecular flexibility index (Phi) is 2.62. The lowest BCUT2D eigenvalue weighted by atomic mass is 9.90. The predicted molar refractivity (Wildman–Crippen MR) is 61.8 cm³/mol. The van der Waals surface area contributed by atoms with E-state index in [9.17, 15) is 4.79 Å². The summed E-state index contributed by atoms with van der Waals surface area (Å²) in [5.41, 5.74) is 10.0. The lowest BCUT2D eigenvalue weighted by molar-refractivity contribution is -0.114. The summed E-state index contributed by atoms with van der Waals surface area (Å²) < 4.78 is 0. The van der Waals surface area contributed by atoms with Gasteiger partial charge in [0.1, 0.15) is 0 Å². The summed E-state index contributed by atoms with van der Waals surface area (Å²) in [5, 5.41) is 2.85. The van der Waals surface area contributed by atoms with Crippen molar-refractivity contribution in [1.82, 2.24) is 0 Å². The number of fused-ring (bicyclic) bond motifs is 1. The number of amides is 1. The molecule has 0 heterocycles. The van der Waals surface area contributed by atoms with E-state index in [1.54, 1.807) is 0 Å². The van der Waals surface area contributed by atoms with Crippen LogP contribution in [0, 0.1) is 0 Å². The van der Waals surface area contributed by atoms with E-state index in [0.717, 1.165) is 24.2 Å². The Morgan fingerprint density at radius 3 is 2.80 bits per heavy atom.